The van der Waals surface area contributed by atoms with Crippen LogP contribution in [-0.2, 0) is 16.1 Å². The van der Waals surface area contributed by atoms with E-state index in [1.165, 1.54) is 23.9 Å². The minimum absolute atomic E-state index is 0.170. The molecule has 1 unspecified atom stereocenters. The molecule has 2 aromatic carbocycles. The van der Waals surface area contributed by atoms with Crippen LogP contribution >= 0.6 is 0 Å². The normalized spacial score (nSPS) is 11.7. The Morgan fingerprint density at radius 1 is 1.13 bits per heavy atom. The maximum atomic E-state index is 13.3. The molecule has 7 nitrogen and oxygen atoms in total. The first-order valence-electron chi connectivity index (χ1n) is 9.50. The lowest BCUT2D eigenvalue weighted by Gasteiger charge is -2.24. The number of halogens is 1. The van der Waals surface area contributed by atoms with Gasteiger partial charge in [0.2, 0.25) is 0 Å². The largest absolute Gasteiger partial charge is 0.469 e. The number of benzene rings is 2. The van der Waals surface area contributed by atoms with E-state index >= 15 is 0 Å². The smallest absolute Gasteiger partial charge is 0.310 e. The molecule has 0 saturated heterocycles. The third kappa shape index (κ3) is 4.71. The van der Waals surface area contributed by atoms with Gasteiger partial charge in [-0.25, -0.2) is 9.07 Å². The lowest BCUT2D eigenvalue weighted by molar-refractivity contribution is -0.145. The number of rotatable bonds is 7. The molecule has 1 aromatic heterocycles. The molecule has 0 fully saturated rings. The Hall–Kier alpha value is -3.55. The SMILES string of the molecule is COC(=O)C(C)CN(Cc1ccccc1)C(=O)c1nnn(-c2ccc(F)cc2)c1C. The van der Waals surface area contributed by atoms with Crippen molar-refractivity contribution < 1.29 is 18.7 Å². The fourth-order valence-corrected chi connectivity index (χ4v) is 3.13. The molecular weight excluding hydrogens is 387 g/mol. The third-order valence-electron chi connectivity index (χ3n) is 4.77. The van der Waals surface area contributed by atoms with Crippen molar-refractivity contribution in [3.05, 3.63) is 77.4 Å². The molecule has 156 valence electrons. The number of carbonyl (C=O) groups is 2. The van der Waals surface area contributed by atoms with Crippen LogP contribution < -0.4 is 0 Å². The predicted octanol–water partition coefficient (Wildman–Crippen LogP) is 3.17. The van der Waals surface area contributed by atoms with E-state index < -0.39 is 11.9 Å². The van der Waals surface area contributed by atoms with Gasteiger partial charge in [0.15, 0.2) is 5.69 Å². The van der Waals surface area contributed by atoms with Crippen LogP contribution in [0.5, 0.6) is 0 Å². The van der Waals surface area contributed by atoms with Crippen molar-refractivity contribution >= 4 is 11.9 Å². The Labute approximate surface area is 174 Å². The van der Waals surface area contributed by atoms with E-state index in [1.807, 2.05) is 30.3 Å². The minimum Gasteiger partial charge on any atom is -0.469 e. The van der Waals surface area contributed by atoms with Crippen molar-refractivity contribution in [2.75, 3.05) is 13.7 Å². The standard InChI is InChI=1S/C22H23FN4O3/c1-15(22(29)30-3)13-26(14-17-7-5-4-6-8-17)21(28)20-16(2)27(25-24-20)19-11-9-18(23)10-12-19/h4-12,15H,13-14H2,1-3H3. The molecule has 3 rings (SSSR count). The van der Waals surface area contributed by atoms with Gasteiger partial charge >= 0.3 is 5.97 Å². The average Bonchev–Trinajstić information content (AvgIpc) is 3.14. The van der Waals surface area contributed by atoms with Gasteiger partial charge in [-0.15, -0.1) is 5.10 Å². The molecule has 0 aliphatic carbocycles. The molecule has 1 heterocycles. The van der Waals surface area contributed by atoms with Gasteiger partial charge in [-0.3, -0.25) is 9.59 Å². The molecule has 1 amide bonds. The second-order valence-corrected chi connectivity index (χ2v) is 7.01. The predicted molar refractivity (Wildman–Crippen MR) is 108 cm³/mol. The summed E-state index contributed by atoms with van der Waals surface area (Å²) in [6, 6.07) is 15.2. The quantitative estimate of drug-likeness (QED) is 0.559. The summed E-state index contributed by atoms with van der Waals surface area (Å²) in [5, 5.41) is 8.12. The average molecular weight is 410 g/mol. The first-order valence-corrected chi connectivity index (χ1v) is 9.50. The number of ether oxygens (including phenoxy) is 1. The Kier molecular flexibility index (Phi) is 6.56. The number of amides is 1. The third-order valence-corrected chi connectivity index (χ3v) is 4.77. The van der Waals surface area contributed by atoms with Crippen LogP contribution in [0.3, 0.4) is 0 Å². The first kappa shape index (κ1) is 21.2. The fourth-order valence-electron chi connectivity index (χ4n) is 3.13. The van der Waals surface area contributed by atoms with E-state index in [2.05, 4.69) is 10.3 Å². The summed E-state index contributed by atoms with van der Waals surface area (Å²) in [7, 11) is 1.32. The zero-order chi connectivity index (χ0) is 21.7. The Morgan fingerprint density at radius 2 is 1.80 bits per heavy atom. The maximum Gasteiger partial charge on any atom is 0.310 e. The van der Waals surface area contributed by atoms with Gasteiger partial charge in [-0.1, -0.05) is 42.5 Å². The van der Waals surface area contributed by atoms with E-state index in [0.717, 1.165) is 5.56 Å². The number of esters is 1. The highest BCUT2D eigenvalue weighted by molar-refractivity contribution is 5.93. The summed E-state index contributed by atoms with van der Waals surface area (Å²) in [6.07, 6.45) is 0. The van der Waals surface area contributed by atoms with Gasteiger partial charge in [0.1, 0.15) is 5.82 Å². The summed E-state index contributed by atoms with van der Waals surface area (Å²) in [5.41, 5.74) is 2.21. The first-order chi connectivity index (χ1) is 14.4. The van der Waals surface area contributed by atoms with E-state index in [-0.39, 0.29) is 24.0 Å². The molecule has 0 bridgehead atoms. The number of nitrogens with zero attached hydrogens (tertiary/aromatic N) is 4. The minimum atomic E-state index is -0.505. The Bertz CT molecular complexity index is 1020. The van der Waals surface area contributed by atoms with Crippen LogP contribution in [0.1, 0.15) is 28.7 Å². The van der Waals surface area contributed by atoms with Crippen LogP contribution in [0.25, 0.3) is 5.69 Å². The second kappa shape index (κ2) is 9.30. The van der Waals surface area contributed by atoms with Crippen molar-refractivity contribution in [2.45, 2.75) is 20.4 Å². The molecule has 0 aliphatic heterocycles. The van der Waals surface area contributed by atoms with Gasteiger partial charge in [-0.05, 0) is 36.8 Å². The van der Waals surface area contributed by atoms with E-state index in [9.17, 15) is 14.0 Å². The molecule has 8 heteroatoms. The van der Waals surface area contributed by atoms with Crippen molar-refractivity contribution in [3.63, 3.8) is 0 Å². The number of methoxy groups -OCH3 is 1. The van der Waals surface area contributed by atoms with E-state index in [4.69, 9.17) is 4.74 Å². The molecule has 0 radical (unpaired) electrons. The van der Waals surface area contributed by atoms with Crippen molar-refractivity contribution in [3.8, 4) is 5.69 Å². The highest BCUT2D eigenvalue weighted by atomic mass is 19.1. The van der Waals surface area contributed by atoms with E-state index in [0.29, 0.717) is 17.9 Å². The molecule has 30 heavy (non-hydrogen) atoms. The lowest BCUT2D eigenvalue weighted by atomic mass is 10.1. The molecule has 1 atom stereocenters. The van der Waals surface area contributed by atoms with Gasteiger partial charge in [0.05, 0.1) is 24.4 Å². The number of hydrogen-bond donors (Lipinski definition) is 0. The Morgan fingerprint density at radius 3 is 2.43 bits per heavy atom. The van der Waals surface area contributed by atoms with Gasteiger partial charge < -0.3 is 9.64 Å². The molecule has 3 aromatic rings. The van der Waals surface area contributed by atoms with Crippen LogP contribution in [0.2, 0.25) is 0 Å². The highest BCUT2D eigenvalue weighted by Crippen LogP contribution is 2.17. The number of hydrogen-bond acceptors (Lipinski definition) is 5. The summed E-state index contributed by atoms with van der Waals surface area (Å²) in [6.45, 7) is 3.91. The Balaban J connectivity index is 1.90. The van der Waals surface area contributed by atoms with E-state index in [1.54, 1.807) is 30.9 Å². The van der Waals surface area contributed by atoms with Crippen molar-refractivity contribution in [2.24, 2.45) is 5.92 Å². The van der Waals surface area contributed by atoms with Crippen LogP contribution in [0.4, 0.5) is 4.39 Å². The zero-order valence-electron chi connectivity index (χ0n) is 17.1. The van der Waals surface area contributed by atoms with Crippen molar-refractivity contribution in [1.82, 2.24) is 19.9 Å². The topological polar surface area (TPSA) is 77.3 Å². The van der Waals surface area contributed by atoms with Gasteiger partial charge in [0, 0.05) is 13.1 Å². The number of aromatic nitrogens is 3. The molecule has 0 saturated carbocycles. The van der Waals surface area contributed by atoms with Crippen LogP contribution in [0, 0.1) is 18.7 Å². The summed E-state index contributed by atoms with van der Waals surface area (Å²) >= 11 is 0. The lowest BCUT2D eigenvalue weighted by Crippen LogP contribution is -2.37. The van der Waals surface area contributed by atoms with Crippen LogP contribution in [-0.4, -0.2) is 45.4 Å². The summed E-state index contributed by atoms with van der Waals surface area (Å²) in [4.78, 5) is 26.8. The monoisotopic (exact) mass is 410 g/mol. The van der Waals surface area contributed by atoms with Crippen molar-refractivity contribution in [1.29, 1.82) is 0 Å². The van der Waals surface area contributed by atoms with Gasteiger partial charge in [-0.2, -0.15) is 0 Å². The molecule has 0 spiro atoms. The molecule has 0 N–H and O–H groups in total. The molecular formula is C22H23FN4O3. The maximum absolute atomic E-state index is 13.3. The highest BCUT2D eigenvalue weighted by Gasteiger charge is 2.27. The van der Waals surface area contributed by atoms with Gasteiger partial charge in [0.25, 0.3) is 5.91 Å². The fraction of sp³-hybridized carbons (Fsp3) is 0.273. The molecule has 0 aliphatic rings. The zero-order valence-corrected chi connectivity index (χ0v) is 17.1. The second-order valence-electron chi connectivity index (χ2n) is 7.01. The van der Waals surface area contributed by atoms with Crippen LogP contribution in [0.15, 0.2) is 54.6 Å². The summed E-state index contributed by atoms with van der Waals surface area (Å²) in [5.74, 6) is -1.61. The summed E-state index contributed by atoms with van der Waals surface area (Å²) < 4.78 is 19.5. The number of carbonyl (C=O) groups excluding carboxylic acids is 2.